The van der Waals surface area contributed by atoms with Crippen molar-refractivity contribution in [3.63, 3.8) is 0 Å². The quantitative estimate of drug-likeness (QED) is 0.519. The zero-order valence-electron chi connectivity index (χ0n) is 16.0. The molecule has 2 aromatic rings. The molecule has 1 atom stereocenters. The van der Waals surface area contributed by atoms with Crippen molar-refractivity contribution in [2.75, 3.05) is 37.3 Å². The molecule has 1 unspecified atom stereocenters. The van der Waals surface area contributed by atoms with Crippen molar-refractivity contribution in [2.45, 2.75) is 31.2 Å². The number of nitro benzene ring substituents is 1. The van der Waals surface area contributed by atoms with Gasteiger partial charge in [-0.3, -0.25) is 15.0 Å². The number of non-ortho nitro benzene ring substituents is 1. The van der Waals surface area contributed by atoms with Crippen molar-refractivity contribution < 1.29 is 17.9 Å². The van der Waals surface area contributed by atoms with E-state index in [4.69, 9.17) is 4.52 Å². The average molecular weight is 409 g/mol. The summed E-state index contributed by atoms with van der Waals surface area (Å²) in [5.41, 5.74) is 0.256. The SMILES string of the molecule is CCc1noc(C(C)N2CCN(c3ccc([N+](=O)[O-])cc3S(C)(=O)=O)CC2)n1. The highest BCUT2D eigenvalue weighted by Gasteiger charge is 2.28. The lowest BCUT2D eigenvalue weighted by atomic mass is 10.2. The second-order valence-corrected chi connectivity index (χ2v) is 8.77. The molecule has 1 fully saturated rings. The van der Waals surface area contributed by atoms with Gasteiger partial charge in [-0.1, -0.05) is 12.1 Å². The Hall–Kier alpha value is -2.53. The Morgan fingerprint density at radius 3 is 2.50 bits per heavy atom. The molecule has 2 heterocycles. The largest absolute Gasteiger partial charge is 0.368 e. The molecular weight excluding hydrogens is 386 g/mol. The number of aromatic nitrogens is 2. The molecule has 1 saturated heterocycles. The lowest BCUT2D eigenvalue weighted by Crippen LogP contribution is -2.47. The van der Waals surface area contributed by atoms with Crippen LogP contribution >= 0.6 is 0 Å². The molecule has 0 spiro atoms. The van der Waals surface area contributed by atoms with Gasteiger partial charge in [0.15, 0.2) is 15.7 Å². The molecule has 10 nitrogen and oxygen atoms in total. The summed E-state index contributed by atoms with van der Waals surface area (Å²) in [5, 5.41) is 14.9. The summed E-state index contributed by atoms with van der Waals surface area (Å²) >= 11 is 0. The topological polar surface area (TPSA) is 123 Å². The van der Waals surface area contributed by atoms with E-state index in [0.29, 0.717) is 50.0 Å². The van der Waals surface area contributed by atoms with Gasteiger partial charge >= 0.3 is 0 Å². The summed E-state index contributed by atoms with van der Waals surface area (Å²) in [7, 11) is -3.60. The van der Waals surface area contributed by atoms with Crippen molar-refractivity contribution in [1.29, 1.82) is 0 Å². The van der Waals surface area contributed by atoms with Crippen LogP contribution in [0.15, 0.2) is 27.6 Å². The van der Waals surface area contributed by atoms with Crippen LogP contribution < -0.4 is 4.90 Å². The summed E-state index contributed by atoms with van der Waals surface area (Å²) < 4.78 is 29.7. The molecule has 3 rings (SSSR count). The number of sulfone groups is 1. The van der Waals surface area contributed by atoms with E-state index in [1.165, 1.54) is 12.1 Å². The van der Waals surface area contributed by atoms with Crippen molar-refractivity contribution >= 4 is 21.2 Å². The number of hydrogen-bond acceptors (Lipinski definition) is 9. The van der Waals surface area contributed by atoms with Crippen molar-refractivity contribution in [2.24, 2.45) is 0 Å². The first-order valence-corrected chi connectivity index (χ1v) is 10.9. The van der Waals surface area contributed by atoms with Crippen LogP contribution in [0.3, 0.4) is 0 Å². The maximum absolute atomic E-state index is 12.2. The number of rotatable bonds is 6. The number of aryl methyl sites for hydroxylation is 1. The Balaban J connectivity index is 1.76. The third-order valence-corrected chi connectivity index (χ3v) is 6.04. The predicted molar refractivity (Wildman–Crippen MR) is 102 cm³/mol. The van der Waals surface area contributed by atoms with E-state index in [0.717, 1.165) is 12.3 Å². The van der Waals surface area contributed by atoms with Gasteiger partial charge in [0.1, 0.15) is 0 Å². The molecule has 0 radical (unpaired) electrons. The third kappa shape index (κ3) is 4.14. The fourth-order valence-electron chi connectivity index (χ4n) is 3.26. The first-order chi connectivity index (χ1) is 13.2. The number of hydrogen-bond donors (Lipinski definition) is 0. The zero-order chi connectivity index (χ0) is 20.5. The number of piperazine rings is 1. The van der Waals surface area contributed by atoms with E-state index in [1.807, 2.05) is 18.7 Å². The molecule has 0 N–H and O–H groups in total. The van der Waals surface area contributed by atoms with Gasteiger partial charge in [0.25, 0.3) is 5.69 Å². The van der Waals surface area contributed by atoms with Crippen LogP contribution in [0.2, 0.25) is 0 Å². The maximum Gasteiger partial charge on any atom is 0.270 e. The number of benzene rings is 1. The Labute approximate surface area is 163 Å². The van der Waals surface area contributed by atoms with E-state index in [-0.39, 0.29) is 16.6 Å². The zero-order valence-corrected chi connectivity index (χ0v) is 16.8. The lowest BCUT2D eigenvalue weighted by Gasteiger charge is -2.38. The number of anilines is 1. The Kier molecular flexibility index (Phi) is 5.66. The van der Waals surface area contributed by atoms with Crippen molar-refractivity contribution in [3.05, 3.63) is 40.0 Å². The summed E-state index contributed by atoms with van der Waals surface area (Å²) in [5.74, 6) is 1.24. The van der Waals surface area contributed by atoms with Crippen LogP contribution in [0.4, 0.5) is 11.4 Å². The van der Waals surface area contributed by atoms with Crippen LogP contribution in [0.5, 0.6) is 0 Å². The molecule has 152 valence electrons. The summed E-state index contributed by atoms with van der Waals surface area (Å²) in [6.45, 7) is 6.47. The summed E-state index contributed by atoms with van der Waals surface area (Å²) in [6.07, 6.45) is 1.77. The predicted octanol–water partition coefficient (Wildman–Crippen LogP) is 1.83. The van der Waals surface area contributed by atoms with Crippen LogP contribution in [0, 0.1) is 10.1 Å². The van der Waals surface area contributed by atoms with Gasteiger partial charge in [0, 0.05) is 51.0 Å². The first-order valence-electron chi connectivity index (χ1n) is 9.00. The Morgan fingerprint density at radius 2 is 1.96 bits per heavy atom. The molecule has 0 amide bonds. The summed E-state index contributed by atoms with van der Waals surface area (Å²) in [6, 6.07) is 3.94. The second kappa shape index (κ2) is 7.84. The van der Waals surface area contributed by atoms with Gasteiger partial charge in [-0.05, 0) is 13.0 Å². The highest BCUT2D eigenvalue weighted by Crippen LogP contribution is 2.31. The molecule has 1 aliphatic heterocycles. The minimum Gasteiger partial charge on any atom is -0.368 e. The molecule has 11 heteroatoms. The summed E-state index contributed by atoms with van der Waals surface area (Å²) in [4.78, 5) is 18.9. The highest BCUT2D eigenvalue weighted by atomic mass is 32.2. The molecule has 1 aliphatic rings. The van der Waals surface area contributed by atoms with Gasteiger partial charge in [-0.15, -0.1) is 0 Å². The standard InChI is InChI=1S/C17H23N5O5S/c1-4-16-18-17(27-19-16)12(2)20-7-9-21(10-8-20)14-6-5-13(22(23)24)11-15(14)28(3,25)26/h5-6,11-12H,4,7-10H2,1-3H3. The molecular formula is C17H23N5O5S. The smallest absolute Gasteiger partial charge is 0.270 e. The van der Waals surface area contributed by atoms with E-state index >= 15 is 0 Å². The molecule has 1 aromatic carbocycles. The van der Waals surface area contributed by atoms with Crippen LogP contribution in [0.1, 0.15) is 31.6 Å². The average Bonchev–Trinajstić information content (AvgIpc) is 3.15. The van der Waals surface area contributed by atoms with Gasteiger partial charge in [0.05, 0.1) is 21.5 Å². The number of nitrogens with zero attached hydrogens (tertiary/aromatic N) is 5. The van der Waals surface area contributed by atoms with E-state index in [9.17, 15) is 18.5 Å². The highest BCUT2D eigenvalue weighted by molar-refractivity contribution is 7.90. The van der Waals surface area contributed by atoms with Gasteiger partial charge in [0.2, 0.25) is 5.89 Å². The van der Waals surface area contributed by atoms with Crippen LogP contribution in [0.25, 0.3) is 0 Å². The fourth-order valence-corrected chi connectivity index (χ4v) is 4.17. The molecule has 0 saturated carbocycles. The minimum atomic E-state index is -3.60. The second-order valence-electron chi connectivity index (χ2n) is 6.78. The van der Waals surface area contributed by atoms with Gasteiger partial charge in [-0.25, -0.2) is 8.42 Å². The Morgan fingerprint density at radius 1 is 1.29 bits per heavy atom. The van der Waals surface area contributed by atoms with Crippen LogP contribution in [-0.2, 0) is 16.3 Å². The first kappa shape index (κ1) is 20.2. The maximum atomic E-state index is 12.2. The van der Waals surface area contributed by atoms with Crippen molar-refractivity contribution in [1.82, 2.24) is 15.0 Å². The molecule has 28 heavy (non-hydrogen) atoms. The van der Waals surface area contributed by atoms with Crippen LogP contribution in [-0.4, -0.2) is 60.8 Å². The van der Waals surface area contributed by atoms with E-state index in [1.54, 1.807) is 0 Å². The Bertz CT molecular complexity index is 966. The number of nitro groups is 1. The third-order valence-electron chi connectivity index (χ3n) is 4.91. The van der Waals surface area contributed by atoms with Gasteiger partial charge < -0.3 is 9.42 Å². The molecule has 0 aliphatic carbocycles. The minimum absolute atomic E-state index is 0.0207. The lowest BCUT2D eigenvalue weighted by molar-refractivity contribution is -0.385. The van der Waals surface area contributed by atoms with Gasteiger partial charge in [-0.2, -0.15) is 4.98 Å². The van der Waals surface area contributed by atoms with Crippen molar-refractivity contribution in [3.8, 4) is 0 Å². The normalized spacial score (nSPS) is 16.9. The fraction of sp³-hybridized carbons (Fsp3) is 0.529. The molecule has 1 aromatic heterocycles. The van der Waals surface area contributed by atoms with E-state index < -0.39 is 14.8 Å². The van der Waals surface area contributed by atoms with E-state index in [2.05, 4.69) is 15.0 Å². The molecule has 0 bridgehead atoms. The monoisotopic (exact) mass is 409 g/mol.